The molecule has 1 saturated carbocycles. The topological polar surface area (TPSA) is 63.2 Å². The number of fused-ring (bicyclic) bond motifs is 2. The van der Waals surface area contributed by atoms with E-state index in [4.69, 9.17) is 23.7 Å². The molecule has 1 spiro atoms. The van der Waals surface area contributed by atoms with Crippen molar-refractivity contribution in [1.29, 1.82) is 0 Å². The minimum Gasteiger partial charge on any atom is -0.455 e. The van der Waals surface area contributed by atoms with Crippen LogP contribution in [0.5, 0.6) is 0 Å². The van der Waals surface area contributed by atoms with Crippen LogP contribution in [0.15, 0.2) is 30.3 Å². The van der Waals surface area contributed by atoms with Gasteiger partial charge >= 0.3 is 5.97 Å². The first kappa shape index (κ1) is 15.1. The lowest BCUT2D eigenvalue weighted by Crippen LogP contribution is -2.35. The summed E-state index contributed by atoms with van der Waals surface area (Å²) in [5.74, 6) is -1.05. The lowest BCUT2D eigenvalue weighted by Gasteiger charge is -2.23. The van der Waals surface area contributed by atoms with Gasteiger partial charge in [-0.05, 0) is 26.0 Å². The highest BCUT2D eigenvalue weighted by Gasteiger charge is 2.75. The fourth-order valence-corrected chi connectivity index (χ4v) is 3.47. The maximum Gasteiger partial charge on any atom is 0.338 e. The molecule has 4 rings (SSSR count). The molecule has 2 unspecified atom stereocenters. The predicted molar refractivity (Wildman–Crippen MR) is 78.7 cm³/mol. The van der Waals surface area contributed by atoms with Crippen molar-refractivity contribution in [1.82, 2.24) is 0 Å². The van der Waals surface area contributed by atoms with E-state index in [1.54, 1.807) is 31.4 Å². The number of carbonyl (C=O) groups excluding carboxylic acids is 1. The lowest BCUT2D eigenvalue weighted by molar-refractivity contribution is -0.236. The molecule has 2 heterocycles. The molecule has 0 aromatic heterocycles. The lowest BCUT2D eigenvalue weighted by atomic mass is 10.1. The predicted octanol–water partition coefficient (Wildman–Crippen LogP) is 1.88. The molecule has 23 heavy (non-hydrogen) atoms. The van der Waals surface area contributed by atoms with E-state index in [0.29, 0.717) is 12.0 Å². The summed E-state index contributed by atoms with van der Waals surface area (Å²) in [4.78, 5) is 12.2. The van der Waals surface area contributed by atoms with Crippen LogP contribution in [0.1, 0.15) is 30.6 Å². The zero-order valence-corrected chi connectivity index (χ0v) is 13.4. The molecule has 0 amide bonds. The molecule has 3 aliphatic rings. The summed E-state index contributed by atoms with van der Waals surface area (Å²) in [6, 6.07) is 8.92. The molecular weight excluding hydrogens is 300 g/mol. The van der Waals surface area contributed by atoms with Crippen molar-refractivity contribution in [2.45, 2.75) is 56.3 Å². The third-order valence-corrected chi connectivity index (χ3v) is 4.59. The average Bonchev–Trinajstić information content (AvgIpc) is 3.00. The second-order valence-electron chi connectivity index (χ2n) is 6.66. The quantitative estimate of drug-likeness (QED) is 0.793. The maximum absolute atomic E-state index is 12.2. The van der Waals surface area contributed by atoms with E-state index in [1.807, 2.05) is 19.9 Å². The Bertz CT molecular complexity index is 615. The minimum absolute atomic E-state index is 0.295. The van der Waals surface area contributed by atoms with E-state index < -0.39 is 17.7 Å². The van der Waals surface area contributed by atoms with Crippen LogP contribution in [0.4, 0.5) is 0 Å². The molecule has 3 fully saturated rings. The van der Waals surface area contributed by atoms with Gasteiger partial charge in [0, 0.05) is 13.5 Å². The Balaban J connectivity index is 1.49. The summed E-state index contributed by atoms with van der Waals surface area (Å²) in [7, 11) is 1.57. The van der Waals surface area contributed by atoms with Gasteiger partial charge in [0.1, 0.15) is 23.9 Å². The molecule has 124 valence electrons. The van der Waals surface area contributed by atoms with E-state index in [1.165, 1.54) is 0 Å². The van der Waals surface area contributed by atoms with E-state index in [0.717, 1.165) is 0 Å². The van der Waals surface area contributed by atoms with Gasteiger partial charge in [-0.15, -0.1) is 0 Å². The Labute approximate surface area is 134 Å². The third-order valence-electron chi connectivity index (χ3n) is 4.59. The van der Waals surface area contributed by atoms with Gasteiger partial charge in [0.2, 0.25) is 0 Å². The number of methoxy groups -OCH3 is 1. The first-order chi connectivity index (χ1) is 11.0. The van der Waals surface area contributed by atoms with Crippen LogP contribution in [-0.4, -0.2) is 49.1 Å². The molecule has 2 aliphatic heterocycles. The van der Waals surface area contributed by atoms with Crippen molar-refractivity contribution in [2.75, 3.05) is 7.11 Å². The number of carbonyl (C=O) groups is 1. The van der Waals surface area contributed by atoms with Crippen LogP contribution in [0.3, 0.4) is 0 Å². The summed E-state index contributed by atoms with van der Waals surface area (Å²) >= 11 is 0. The van der Waals surface area contributed by atoms with Gasteiger partial charge in [0.05, 0.1) is 5.56 Å². The summed E-state index contributed by atoms with van der Waals surface area (Å²) < 4.78 is 28.8. The number of benzene rings is 1. The second-order valence-corrected chi connectivity index (χ2v) is 6.66. The van der Waals surface area contributed by atoms with Crippen LogP contribution in [0.2, 0.25) is 0 Å². The Hall–Kier alpha value is -1.47. The maximum atomic E-state index is 12.2. The van der Waals surface area contributed by atoms with Crippen LogP contribution < -0.4 is 0 Å². The van der Waals surface area contributed by atoms with E-state index in [-0.39, 0.29) is 24.3 Å². The molecule has 1 aliphatic carbocycles. The number of hydrogen-bond donors (Lipinski definition) is 0. The first-order valence-electron chi connectivity index (χ1n) is 7.77. The zero-order valence-electron chi connectivity index (χ0n) is 13.4. The van der Waals surface area contributed by atoms with Crippen molar-refractivity contribution in [3.8, 4) is 0 Å². The Morgan fingerprint density at radius 3 is 2.61 bits per heavy atom. The van der Waals surface area contributed by atoms with Crippen molar-refractivity contribution in [3.63, 3.8) is 0 Å². The van der Waals surface area contributed by atoms with Gasteiger partial charge in [0.25, 0.3) is 0 Å². The minimum atomic E-state index is -0.695. The third kappa shape index (κ3) is 2.37. The molecule has 2 saturated heterocycles. The fraction of sp³-hybridized carbons (Fsp3) is 0.588. The van der Waals surface area contributed by atoms with Crippen LogP contribution >= 0.6 is 0 Å². The molecule has 6 nitrogen and oxygen atoms in total. The fourth-order valence-electron chi connectivity index (χ4n) is 3.47. The summed E-state index contributed by atoms with van der Waals surface area (Å²) in [5, 5.41) is 0. The highest BCUT2D eigenvalue weighted by Crippen LogP contribution is 2.57. The monoisotopic (exact) mass is 320 g/mol. The van der Waals surface area contributed by atoms with Gasteiger partial charge < -0.3 is 23.7 Å². The van der Waals surface area contributed by atoms with Crippen LogP contribution in [0, 0.1) is 0 Å². The van der Waals surface area contributed by atoms with Gasteiger partial charge in [0.15, 0.2) is 12.1 Å². The Kier molecular flexibility index (Phi) is 3.29. The normalized spacial score (nSPS) is 40.1. The van der Waals surface area contributed by atoms with Crippen molar-refractivity contribution in [2.24, 2.45) is 0 Å². The Morgan fingerprint density at radius 2 is 1.91 bits per heavy atom. The zero-order chi connectivity index (χ0) is 16.2. The van der Waals surface area contributed by atoms with Gasteiger partial charge in [-0.25, -0.2) is 4.79 Å². The SMILES string of the molecule is COC1O[C@@]2(C[C@@H]2OC(=O)c2ccccc2)[C@@H]2OC(C)(C)OC12. The van der Waals surface area contributed by atoms with Crippen LogP contribution in [0.25, 0.3) is 0 Å². The largest absolute Gasteiger partial charge is 0.455 e. The number of ether oxygens (including phenoxy) is 5. The Morgan fingerprint density at radius 1 is 1.17 bits per heavy atom. The molecule has 0 radical (unpaired) electrons. The summed E-state index contributed by atoms with van der Waals surface area (Å²) in [6.45, 7) is 3.72. The van der Waals surface area contributed by atoms with Crippen molar-refractivity contribution >= 4 is 5.97 Å². The number of esters is 1. The summed E-state index contributed by atoms with van der Waals surface area (Å²) in [5.41, 5.74) is -0.139. The second kappa shape index (κ2) is 5.01. The highest BCUT2D eigenvalue weighted by molar-refractivity contribution is 5.89. The van der Waals surface area contributed by atoms with Crippen molar-refractivity contribution < 1.29 is 28.5 Å². The van der Waals surface area contributed by atoms with Gasteiger partial charge in [-0.1, -0.05) is 18.2 Å². The molecule has 0 bridgehead atoms. The van der Waals surface area contributed by atoms with Crippen molar-refractivity contribution in [3.05, 3.63) is 35.9 Å². The summed E-state index contributed by atoms with van der Waals surface area (Å²) in [6.07, 6.45) is -0.875. The molecular formula is C17H20O6. The molecule has 1 aromatic carbocycles. The number of hydrogen-bond acceptors (Lipinski definition) is 6. The van der Waals surface area contributed by atoms with E-state index in [9.17, 15) is 4.79 Å². The molecule has 0 N–H and O–H groups in total. The smallest absolute Gasteiger partial charge is 0.338 e. The molecule has 6 heteroatoms. The van der Waals surface area contributed by atoms with Crippen LogP contribution in [-0.2, 0) is 23.7 Å². The van der Waals surface area contributed by atoms with E-state index >= 15 is 0 Å². The first-order valence-corrected chi connectivity index (χ1v) is 7.77. The van der Waals surface area contributed by atoms with Gasteiger partial charge in [-0.3, -0.25) is 0 Å². The highest BCUT2D eigenvalue weighted by atomic mass is 16.8. The standard InChI is InChI=1S/C17H20O6/c1-16(2)21-12-13(22-16)17(23-15(12)19-3)9-11(17)20-14(18)10-7-5-4-6-8-10/h4-8,11-13,15H,9H2,1-3H3/t11-,12?,13+,15?,17+/m0/s1. The number of rotatable bonds is 3. The average molecular weight is 320 g/mol. The van der Waals surface area contributed by atoms with E-state index in [2.05, 4.69) is 0 Å². The molecule has 1 aromatic rings. The van der Waals surface area contributed by atoms with Gasteiger partial charge in [-0.2, -0.15) is 0 Å². The molecule has 5 atom stereocenters.